The number of fused-ring (bicyclic) bond motifs is 1. The molecule has 3 rings (SSSR count). The predicted molar refractivity (Wildman–Crippen MR) is 85.2 cm³/mol. The number of alkyl halides is 3. The van der Waals surface area contributed by atoms with Crippen LogP contribution in [0.2, 0.25) is 0 Å². The van der Waals surface area contributed by atoms with E-state index in [1.807, 2.05) is 0 Å². The number of carbonyl (C=O) groups excluding carboxylic acids is 1. The maximum Gasteiger partial charge on any atom is 0.416 e. The molecule has 2 nitrogen and oxygen atoms in total. The zero-order valence-electron chi connectivity index (χ0n) is 14.3. The normalized spacial score (nSPS) is 27.8. The molecule has 0 unspecified atom stereocenters. The minimum absolute atomic E-state index is 0.0929. The van der Waals surface area contributed by atoms with Crippen LogP contribution in [0.3, 0.4) is 0 Å². The van der Waals surface area contributed by atoms with Crippen molar-refractivity contribution < 1.29 is 22.7 Å². The molecule has 5 heteroatoms. The van der Waals surface area contributed by atoms with Crippen LogP contribution in [0.4, 0.5) is 13.2 Å². The first-order valence-electron chi connectivity index (χ1n) is 8.44. The van der Waals surface area contributed by atoms with E-state index < -0.39 is 17.3 Å². The van der Waals surface area contributed by atoms with Gasteiger partial charge in [-0.1, -0.05) is 20.8 Å². The average molecular weight is 340 g/mol. The molecular weight excluding hydrogens is 317 g/mol. The number of halogens is 3. The second kappa shape index (κ2) is 5.50. The molecule has 1 spiro atoms. The van der Waals surface area contributed by atoms with Gasteiger partial charge in [-0.15, -0.1) is 0 Å². The number of carbonyl (C=O) groups is 1. The summed E-state index contributed by atoms with van der Waals surface area (Å²) >= 11 is 0. The molecule has 0 radical (unpaired) electrons. The summed E-state index contributed by atoms with van der Waals surface area (Å²) in [6, 6.07) is 3.17. The van der Waals surface area contributed by atoms with Crippen molar-refractivity contribution in [2.24, 2.45) is 11.3 Å². The summed E-state index contributed by atoms with van der Waals surface area (Å²) in [7, 11) is 0. The van der Waals surface area contributed by atoms with E-state index >= 15 is 0 Å². The number of ether oxygens (including phenoxy) is 1. The van der Waals surface area contributed by atoms with Gasteiger partial charge in [0.05, 0.1) is 17.5 Å². The van der Waals surface area contributed by atoms with Crippen LogP contribution in [0, 0.1) is 11.3 Å². The van der Waals surface area contributed by atoms with Crippen LogP contribution in [-0.4, -0.2) is 11.4 Å². The molecule has 0 aromatic heterocycles. The van der Waals surface area contributed by atoms with Crippen LogP contribution >= 0.6 is 0 Å². The number of hydrogen-bond acceptors (Lipinski definition) is 2. The maximum absolute atomic E-state index is 12.9. The largest absolute Gasteiger partial charge is 0.486 e. The van der Waals surface area contributed by atoms with Crippen LogP contribution in [-0.2, 0) is 6.18 Å². The van der Waals surface area contributed by atoms with E-state index in [9.17, 15) is 18.0 Å². The smallest absolute Gasteiger partial charge is 0.416 e. The fraction of sp³-hybridized carbons (Fsp3) is 0.632. The molecule has 1 heterocycles. The van der Waals surface area contributed by atoms with Gasteiger partial charge in [-0.25, -0.2) is 0 Å². The van der Waals surface area contributed by atoms with Crippen molar-refractivity contribution in [3.05, 3.63) is 29.3 Å². The van der Waals surface area contributed by atoms with Crippen LogP contribution in [0.5, 0.6) is 5.75 Å². The van der Waals surface area contributed by atoms with Crippen molar-refractivity contribution >= 4 is 5.78 Å². The van der Waals surface area contributed by atoms with Crippen molar-refractivity contribution in [3.8, 4) is 5.75 Å². The lowest BCUT2D eigenvalue weighted by atomic mass is 9.66. The second-order valence-corrected chi connectivity index (χ2v) is 8.23. The van der Waals surface area contributed by atoms with Crippen molar-refractivity contribution in [3.63, 3.8) is 0 Å². The van der Waals surface area contributed by atoms with Crippen molar-refractivity contribution in [2.75, 3.05) is 0 Å². The van der Waals surface area contributed by atoms with Gasteiger partial charge in [-0.3, -0.25) is 4.79 Å². The Morgan fingerprint density at radius 2 is 1.75 bits per heavy atom. The average Bonchev–Trinajstić information content (AvgIpc) is 2.45. The Hall–Kier alpha value is -1.52. The van der Waals surface area contributed by atoms with E-state index in [1.54, 1.807) is 0 Å². The molecule has 0 bridgehead atoms. The van der Waals surface area contributed by atoms with Gasteiger partial charge in [0.2, 0.25) is 0 Å². The third-order valence-corrected chi connectivity index (χ3v) is 5.54. The summed E-state index contributed by atoms with van der Waals surface area (Å²) in [5.41, 5.74) is -0.932. The molecule has 24 heavy (non-hydrogen) atoms. The highest BCUT2D eigenvalue weighted by atomic mass is 19.4. The lowest BCUT2D eigenvalue weighted by Crippen LogP contribution is -2.46. The van der Waals surface area contributed by atoms with E-state index in [2.05, 4.69) is 20.8 Å². The number of Topliss-reactive ketones (excluding diaryl/α,β-unsaturated/α-hetero) is 1. The predicted octanol–water partition coefficient (Wildman–Crippen LogP) is 5.65. The van der Waals surface area contributed by atoms with E-state index in [4.69, 9.17) is 4.74 Å². The van der Waals surface area contributed by atoms with Gasteiger partial charge in [0, 0.05) is 0 Å². The van der Waals surface area contributed by atoms with Crippen molar-refractivity contribution in [1.82, 2.24) is 0 Å². The van der Waals surface area contributed by atoms with Crippen molar-refractivity contribution in [1.29, 1.82) is 0 Å². The summed E-state index contributed by atoms with van der Waals surface area (Å²) < 4.78 is 44.8. The molecular formula is C19H23F3O2. The van der Waals surface area contributed by atoms with E-state index in [0.717, 1.165) is 37.8 Å². The summed E-state index contributed by atoms with van der Waals surface area (Å²) in [5, 5.41) is 0. The highest BCUT2D eigenvalue weighted by Gasteiger charge is 2.45. The molecule has 1 aromatic carbocycles. The number of rotatable bonds is 0. The fourth-order valence-electron chi connectivity index (χ4n) is 3.96. The molecule has 1 fully saturated rings. The first-order chi connectivity index (χ1) is 11.0. The summed E-state index contributed by atoms with van der Waals surface area (Å²) in [4.78, 5) is 12.4. The third kappa shape index (κ3) is 3.17. The van der Waals surface area contributed by atoms with E-state index in [0.29, 0.717) is 5.92 Å². The first kappa shape index (κ1) is 17.3. The molecule has 0 atom stereocenters. The van der Waals surface area contributed by atoms with Crippen LogP contribution in [0.15, 0.2) is 18.2 Å². The number of benzene rings is 1. The van der Waals surface area contributed by atoms with Gasteiger partial charge in [-0.05, 0) is 55.2 Å². The van der Waals surface area contributed by atoms with Gasteiger partial charge in [-0.2, -0.15) is 13.2 Å². The molecule has 0 saturated heterocycles. The van der Waals surface area contributed by atoms with Gasteiger partial charge >= 0.3 is 6.18 Å². The highest BCUT2D eigenvalue weighted by Crippen LogP contribution is 2.48. The van der Waals surface area contributed by atoms with Crippen LogP contribution < -0.4 is 4.74 Å². The fourth-order valence-corrected chi connectivity index (χ4v) is 3.96. The topological polar surface area (TPSA) is 26.3 Å². The zero-order valence-corrected chi connectivity index (χ0v) is 14.3. The van der Waals surface area contributed by atoms with Gasteiger partial charge in [0.1, 0.15) is 11.4 Å². The standard InChI is InChI=1S/C19H23F3O2/c1-17(2,3)12-6-8-18(9-7-12)11-15(23)14-5-4-13(19(20,21)22)10-16(14)24-18/h4-5,10,12H,6-9,11H2,1-3H3. The molecule has 1 aliphatic carbocycles. The van der Waals surface area contributed by atoms with Crippen molar-refractivity contribution in [2.45, 2.75) is 64.7 Å². The quantitative estimate of drug-likeness (QED) is 0.610. The van der Waals surface area contributed by atoms with Gasteiger partial charge in [0.15, 0.2) is 5.78 Å². The minimum atomic E-state index is -4.43. The van der Waals surface area contributed by atoms with Gasteiger partial charge < -0.3 is 4.74 Å². The zero-order chi connectivity index (χ0) is 17.8. The summed E-state index contributed by atoms with van der Waals surface area (Å²) in [5.74, 6) is 0.527. The first-order valence-corrected chi connectivity index (χ1v) is 8.44. The van der Waals surface area contributed by atoms with Crippen LogP contribution in [0.1, 0.15) is 68.8 Å². The highest BCUT2D eigenvalue weighted by molar-refractivity contribution is 6.00. The Bertz CT molecular complexity index is 648. The molecule has 132 valence electrons. The second-order valence-electron chi connectivity index (χ2n) is 8.23. The SMILES string of the molecule is CC(C)(C)C1CCC2(CC1)CC(=O)c1ccc(C(F)(F)F)cc1O2. The van der Waals surface area contributed by atoms with E-state index in [-0.39, 0.29) is 28.9 Å². The molecule has 1 aliphatic heterocycles. The Morgan fingerprint density at radius 1 is 1.12 bits per heavy atom. The van der Waals surface area contributed by atoms with E-state index in [1.165, 1.54) is 6.07 Å². The van der Waals surface area contributed by atoms with Gasteiger partial charge in [0.25, 0.3) is 0 Å². The molecule has 0 N–H and O–H groups in total. The molecule has 1 saturated carbocycles. The number of hydrogen-bond donors (Lipinski definition) is 0. The molecule has 1 aromatic rings. The monoisotopic (exact) mass is 340 g/mol. The molecule has 2 aliphatic rings. The number of ketones is 1. The lowest BCUT2D eigenvalue weighted by molar-refractivity contribution is -0.137. The Balaban J connectivity index is 1.85. The Kier molecular flexibility index (Phi) is 3.97. The molecule has 0 amide bonds. The van der Waals surface area contributed by atoms with Crippen LogP contribution in [0.25, 0.3) is 0 Å². The summed E-state index contributed by atoms with van der Waals surface area (Å²) in [6.07, 6.45) is -0.860. The lowest BCUT2D eigenvalue weighted by Gasteiger charge is -2.45. The Morgan fingerprint density at radius 3 is 2.29 bits per heavy atom. The third-order valence-electron chi connectivity index (χ3n) is 5.54. The Labute approximate surface area is 140 Å². The maximum atomic E-state index is 12.9. The minimum Gasteiger partial charge on any atom is -0.486 e. The summed E-state index contributed by atoms with van der Waals surface area (Å²) in [6.45, 7) is 6.61.